The van der Waals surface area contributed by atoms with Crippen LogP contribution < -0.4 is 14.5 Å². The Morgan fingerprint density at radius 2 is 0.879 bits per heavy atom. The molecule has 2 aliphatic rings. The molecule has 0 bridgehead atoms. The summed E-state index contributed by atoms with van der Waals surface area (Å²) >= 11 is 0. The molecule has 1 aliphatic heterocycles. The fourth-order valence-electron chi connectivity index (χ4n) is 9.21. The van der Waals surface area contributed by atoms with E-state index in [0.29, 0.717) is 0 Å². The molecule has 0 amide bonds. The van der Waals surface area contributed by atoms with Gasteiger partial charge in [0.2, 0.25) is 0 Å². The highest BCUT2D eigenvalue weighted by Gasteiger charge is 2.35. The van der Waals surface area contributed by atoms with E-state index in [9.17, 15) is 0 Å². The van der Waals surface area contributed by atoms with E-state index in [1.165, 1.54) is 38.9 Å². The summed E-state index contributed by atoms with van der Waals surface area (Å²) in [6.45, 7) is 4.67. The van der Waals surface area contributed by atoms with Crippen LogP contribution in [-0.4, -0.2) is 0 Å². The van der Waals surface area contributed by atoms with Crippen molar-refractivity contribution < 1.29 is 4.74 Å². The smallest absolute Gasteiger partial charge is 0.138 e. The summed E-state index contributed by atoms with van der Waals surface area (Å²) in [5.74, 6) is 1.68. The van der Waals surface area contributed by atoms with Gasteiger partial charge >= 0.3 is 0 Å². The first-order valence-corrected chi connectivity index (χ1v) is 20.0. The van der Waals surface area contributed by atoms with Crippen LogP contribution >= 0.6 is 0 Å². The molecule has 0 unspecified atom stereocenters. The summed E-state index contributed by atoms with van der Waals surface area (Å²) in [6.07, 6.45) is 0. The third kappa shape index (κ3) is 5.50. The Labute approximate surface area is 339 Å². The lowest BCUT2D eigenvalue weighted by molar-refractivity contribution is 0.487. The maximum atomic E-state index is 7.05. The highest BCUT2D eigenvalue weighted by atomic mass is 16.5. The molecule has 1 aliphatic carbocycles. The molecule has 1 heterocycles. The second-order valence-corrected chi connectivity index (χ2v) is 15.8. The van der Waals surface area contributed by atoms with Crippen LogP contribution in [0.3, 0.4) is 0 Å². The van der Waals surface area contributed by atoms with Crippen LogP contribution in [0.4, 0.5) is 34.1 Å². The van der Waals surface area contributed by atoms with E-state index in [1.807, 2.05) is 0 Å². The number of hydrogen-bond acceptors (Lipinski definition) is 3. The third-order valence-electron chi connectivity index (χ3n) is 12.0. The molecule has 3 nitrogen and oxygen atoms in total. The normalized spacial score (nSPS) is 12.9. The summed E-state index contributed by atoms with van der Waals surface area (Å²) in [7, 11) is 0. The van der Waals surface area contributed by atoms with Gasteiger partial charge in [0.05, 0.1) is 5.69 Å². The number of rotatable bonds is 7. The van der Waals surface area contributed by atoms with Crippen molar-refractivity contribution in [2.24, 2.45) is 0 Å². The molecule has 9 aromatic carbocycles. The summed E-state index contributed by atoms with van der Waals surface area (Å²) < 4.78 is 7.05. The van der Waals surface area contributed by atoms with Gasteiger partial charge in [0.1, 0.15) is 11.5 Å². The average molecular weight is 745 g/mol. The molecular weight excluding hydrogens is 705 g/mol. The number of para-hydroxylation sites is 2. The molecule has 0 spiro atoms. The largest absolute Gasteiger partial charge is 0.456 e. The number of hydrogen-bond donors (Lipinski definition) is 0. The Morgan fingerprint density at radius 1 is 0.345 bits per heavy atom. The molecule has 0 radical (unpaired) electrons. The van der Waals surface area contributed by atoms with Crippen molar-refractivity contribution in [1.82, 2.24) is 0 Å². The molecule has 0 fully saturated rings. The van der Waals surface area contributed by atoms with Crippen LogP contribution in [0.15, 0.2) is 206 Å². The summed E-state index contributed by atoms with van der Waals surface area (Å²) in [5, 5.41) is 2.26. The van der Waals surface area contributed by atoms with E-state index in [-0.39, 0.29) is 5.41 Å². The number of anilines is 6. The van der Waals surface area contributed by atoms with Crippen molar-refractivity contribution in [2.75, 3.05) is 9.80 Å². The van der Waals surface area contributed by atoms with E-state index in [1.54, 1.807) is 0 Å². The Kier molecular flexibility index (Phi) is 7.84. The maximum Gasteiger partial charge on any atom is 0.138 e. The van der Waals surface area contributed by atoms with E-state index in [0.717, 1.165) is 62.0 Å². The third-order valence-corrected chi connectivity index (χ3v) is 12.0. The Morgan fingerprint density at radius 3 is 1.62 bits per heavy atom. The van der Waals surface area contributed by atoms with E-state index < -0.39 is 0 Å². The number of nitrogens with zero attached hydrogens (tertiary/aromatic N) is 2. The predicted octanol–water partition coefficient (Wildman–Crippen LogP) is 15.5. The van der Waals surface area contributed by atoms with Crippen molar-refractivity contribution in [1.29, 1.82) is 0 Å². The van der Waals surface area contributed by atoms with E-state index in [4.69, 9.17) is 4.74 Å². The SMILES string of the molecule is CC1(C)c2ccccc2-c2cc(N(c3ccc(-c4ccccc4)cc3)c3cc4c5c(cccc5c3)-c3ccc(N(c5ccccc5)c5ccccc5)cc3O4)ccc21. The molecule has 58 heavy (non-hydrogen) atoms. The predicted molar refractivity (Wildman–Crippen MR) is 242 cm³/mol. The minimum Gasteiger partial charge on any atom is -0.456 e. The monoisotopic (exact) mass is 744 g/mol. The van der Waals surface area contributed by atoms with Gasteiger partial charge in [0, 0.05) is 56.9 Å². The van der Waals surface area contributed by atoms with Gasteiger partial charge < -0.3 is 14.5 Å². The Hall–Kier alpha value is -7.36. The zero-order valence-corrected chi connectivity index (χ0v) is 32.4. The van der Waals surface area contributed by atoms with Crippen LogP contribution in [0.1, 0.15) is 25.0 Å². The fraction of sp³-hybridized carbons (Fsp3) is 0.0545. The summed E-state index contributed by atoms with van der Waals surface area (Å²) in [4.78, 5) is 4.66. The number of fused-ring (bicyclic) bond motifs is 5. The molecular formula is C55H40N2O. The summed E-state index contributed by atoms with van der Waals surface area (Å²) in [5.41, 5.74) is 16.3. The molecule has 0 N–H and O–H groups in total. The van der Waals surface area contributed by atoms with Gasteiger partial charge in [0.25, 0.3) is 0 Å². The van der Waals surface area contributed by atoms with Crippen molar-refractivity contribution in [3.05, 3.63) is 217 Å². The van der Waals surface area contributed by atoms with Crippen LogP contribution in [0.5, 0.6) is 11.5 Å². The van der Waals surface area contributed by atoms with Gasteiger partial charge in [-0.2, -0.15) is 0 Å². The van der Waals surface area contributed by atoms with E-state index in [2.05, 4.69) is 230 Å². The minimum atomic E-state index is -0.0766. The first-order chi connectivity index (χ1) is 28.5. The van der Waals surface area contributed by atoms with Crippen LogP contribution in [0, 0.1) is 0 Å². The second kappa shape index (κ2) is 13.4. The maximum absolute atomic E-state index is 7.05. The molecule has 3 heteroatoms. The fourth-order valence-corrected chi connectivity index (χ4v) is 9.21. The van der Waals surface area contributed by atoms with Crippen LogP contribution in [0.2, 0.25) is 0 Å². The Bertz CT molecular complexity index is 2950. The molecule has 0 atom stereocenters. The number of ether oxygens (including phenoxy) is 1. The molecule has 11 rings (SSSR count). The van der Waals surface area contributed by atoms with Crippen LogP contribution in [0.25, 0.3) is 44.2 Å². The second-order valence-electron chi connectivity index (χ2n) is 15.8. The topological polar surface area (TPSA) is 15.7 Å². The first kappa shape index (κ1) is 33.9. The lowest BCUT2D eigenvalue weighted by Gasteiger charge is -2.30. The van der Waals surface area contributed by atoms with Crippen LogP contribution in [-0.2, 0) is 5.41 Å². The van der Waals surface area contributed by atoms with Crippen molar-refractivity contribution in [3.63, 3.8) is 0 Å². The average Bonchev–Trinajstić information content (AvgIpc) is 3.50. The highest BCUT2D eigenvalue weighted by Crippen LogP contribution is 2.53. The van der Waals surface area contributed by atoms with Gasteiger partial charge in [-0.05, 0) is 111 Å². The highest BCUT2D eigenvalue weighted by molar-refractivity contribution is 6.06. The minimum absolute atomic E-state index is 0.0766. The lowest BCUT2D eigenvalue weighted by atomic mass is 9.82. The van der Waals surface area contributed by atoms with Crippen molar-refractivity contribution in [3.8, 4) is 44.9 Å². The first-order valence-electron chi connectivity index (χ1n) is 20.0. The lowest BCUT2D eigenvalue weighted by Crippen LogP contribution is -2.15. The van der Waals surface area contributed by atoms with Gasteiger partial charge in [-0.1, -0.05) is 141 Å². The van der Waals surface area contributed by atoms with E-state index >= 15 is 0 Å². The Balaban J connectivity index is 1.06. The summed E-state index contributed by atoms with van der Waals surface area (Å²) in [6, 6.07) is 74.1. The van der Waals surface area contributed by atoms with Gasteiger partial charge in [-0.25, -0.2) is 0 Å². The zero-order chi connectivity index (χ0) is 38.8. The zero-order valence-electron chi connectivity index (χ0n) is 32.4. The molecule has 0 saturated carbocycles. The molecule has 0 saturated heterocycles. The quantitative estimate of drug-likeness (QED) is 0.162. The molecule has 0 aromatic heterocycles. The van der Waals surface area contributed by atoms with Gasteiger partial charge in [0.15, 0.2) is 0 Å². The van der Waals surface area contributed by atoms with Gasteiger partial charge in [-0.15, -0.1) is 0 Å². The van der Waals surface area contributed by atoms with Crippen molar-refractivity contribution >= 4 is 44.9 Å². The van der Waals surface area contributed by atoms with Gasteiger partial charge in [-0.3, -0.25) is 0 Å². The molecule has 276 valence electrons. The van der Waals surface area contributed by atoms with Crippen molar-refractivity contribution in [2.45, 2.75) is 19.3 Å². The molecule has 9 aromatic rings. The number of benzene rings is 9. The standard InChI is InChI=1S/C55H40N2O/c1-55(2)50-24-13-12-22-46(50)49-34-43(30-32-51(49)55)57(42-27-25-38(26-28-42)37-15-6-3-7-16-37)45-33-39-17-14-23-48-47-31-29-44(35-52(47)58-53(36-45)54(39)48)56(40-18-8-4-9-19-40)41-20-10-5-11-21-41/h3-36H,1-2H3.